The van der Waals surface area contributed by atoms with Crippen LogP contribution < -0.4 is 4.90 Å². The summed E-state index contributed by atoms with van der Waals surface area (Å²) in [6.45, 7) is 2.10. The van der Waals surface area contributed by atoms with Crippen LogP contribution >= 0.6 is 0 Å². The third-order valence-electron chi connectivity index (χ3n) is 4.67. The average molecular weight is 390 g/mol. The zero-order chi connectivity index (χ0) is 19.7. The van der Waals surface area contributed by atoms with E-state index in [0.29, 0.717) is 49.8 Å². The normalized spacial score (nSPS) is 15.7. The van der Waals surface area contributed by atoms with Crippen molar-refractivity contribution in [1.82, 2.24) is 14.9 Å². The van der Waals surface area contributed by atoms with Crippen molar-refractivity contribution < 1.29 is 22.4 Å². The number of hydrogen-bond donors (Lipinski definition) is 0. The molecule has 2 aromatic heterocycles. The lowest BCUT2D eigenvalue weighted by atomic mass is 10.1. The molecule has 0 N–H and O–H groups in total. The summed E-state index contributed by atoms with van der Waals surface area (Å²) in [6, 6.07) is 8.32. The number of anilines is 1. The number of alkyl halides is 3. The number of nitrogens with zero attached hydrogens (tertiary/aromatic N) is 4. The Morgan fingerprint density at radius 3 is 2.54 bits per heavy atom. The molecule has 1 aliphatic heterocycles. The molecule has 0 radical (unpaired) electrons. The second kappa shape index (κ2) is 7.14. The van der Waals surface area contributed by atoms with E-state index in [1.165, 1.54) is 12.1 Å². The summed E-state index contributed by atoms with van der Waals surface area (Å²) >= 11 is 0. The molecule has 1 aromatic carbocycles. The van der Waals surface area contributed by atoms with E-state index >= 15 is 0 Å². The predicted molar refractivity (Wildman–Crippen MR) is 96.0 cm³/mol. The number of oxazole rings is 1. The summed E-state index contributed by atoms with van der Waals surface area (Å²) in [5.74, 6) is -0.283. The quantitative estimate of drug-likeness (QED) is 0.669. The molecule has 0 unspecified atom stereocenters. The molecule has 0 aliphatic carbocycles. The van der Waals surface area contributed by atoms with E-state index in [9.17, 15) is 18.0 Å². The van der Waals surface area contributed by atoms with Gasteiger partial charge in [-0.2, -0.15) is 18.2 Å². The van der Waals surface area contributed by atoms with Gasteiger partial charge in [-0.25, -0.2) is 4.98 Å². The van der Waals surface area contributed by atoms with Crippen molar-refractivity contribution >= 4 is 23.2 Å². The molecular weight excluding hydrogens is 373 g/mol. The summed E-state index contributed by atoms with van der Waals surface area (Å²) in [6.07, 6.45) is -2.08. The molecule has 1 aliphatic rings. The van der Waals surface area contributed by atoms with E-state index in [2.05, 4.69) is 9.97 Å². The summed E-state index contributed by atoms with van der Waals surface area (Å²) < 4.78 is 43.8. The Kier molecular flexibility index (Phi) is 4.66. The number of carbonyl (C=O) groups excluding carboxylic acids is 1. The Hall–Kier alpha value is -3.10. The van der Waals surface area contributed by atoms with E-state index in [0.717, 1.165) is 12.1 Å². The van der Waals surface area contributed by atoms with Gasteiger partial charge in [0.05, 0.1) is 5.56 Å². The van der Waals surface area contributed by atoms with Gasteiger partial charge in [-0.15, -0.1) is 0 Å². The number of fused-ring (bicyclic) bond motifs is 1. The predicted octanol–water partition coefficient (Wildman–Crippen LogP) is 3.59. The van der Waals surface area contributed by atoms with Crippen molar-refractivity contribution in [1.29, 1.82) is 0 Å². The van der Waals surface area contributed by atoms with Gasteiger partial charge in [-0.05, 0) is 42.8 Å². The molecule has 3 heterocycles. The van der Waals surface area contributed by atoms with Crippen molar-refractivity contribution in [3.8, 4) is 0 Å². The van der Waals surface area contributed by atoms with Gasteiger partial charge in [0, 0.05) is 37.9 Å². The van der Waals surface area contributed by atoms with Crippen LogP contribution in [0.15, 0.2) is 47.0 Å². The van der Waals surface area contributed by atoms with Crippen molar-refractivity contribution in [3.05, 3.63) is 53.7 Å². The fourth-order valence-electron chi connectivity index (χ4n) is 3.19. The third-order valence-corrected chi connectivity index (χ3v) is 4.67. The van der Waals surface area contributed by atoms with Crippen molar-refractivity contribution in [2.24, 2.45) is 0 Å². The lowest BCUT2D eigenvalue weighted by Crippen LogP contribution is -2.35. The molecule has 0 atom stereocenters. The first-order chi connectivity index (χ1) is 13.4. The molecular formula is C19H17F3N4O2. The van der Waals surface area contributed by atoms with Crippen LogP contribution in [-0.2, 0) is 6.18 Å². The summed E-state index contributed by atoms with van der Waals surface area (Å²) in [7, 11) is 0. The van der Waals surface area contributed by atoms with E-state index in [1.54, 1.807) is 23.2 Å². The van der Waals surface area contributed by atoms with Crippen molar-refractivity contribution in [3.63, 3.8) is 0 Å². The fourth-order valence-corrected chi connectivity index (χ4v) is 3.19. The van der Waals surface area contributed by atoms with Crippen LogP contribution in [-0.4, -0.2) is 47.0 Å². The number of benzene rings is 1. The Labute approximate surface area is 158 Å². The Morgan fingerprint density at radius 2 is 1.82 bits per heavy atom. The monoisotopic (exact) mass is 390 g/mol. The first-order valence-corrected chi connectivity index (χ1v) is 8.85. The first kappa shape index (κ1) is 18.3. The molecule has 3 aromatic rings. The van der Waals surface area contributed by atoms with Crippen molar-refractivity contribution in [2.75, 3.05) is 31.1 Å². The van der Waals surface area contributed by atoms with Crippen LogP contribution in [0.3, 0.4) is 0 Å². The lowest BCUT2D eigenvalue weighted by molar-refractivity contribution is -0.137. The highest BCUT2D eigenvalue weighted by Crippen LogP contribution is 2.29. The van der Waals surface area contributed by atoms with Gasteiger partial charge in [-0.1, -0.05) is 0 Å². The van der Waals surface area contributed by atoms with Crippen LogP contribution in [0.2, 0.25) is 0 Å². The summed E-state index contributed by atoms with van der Waals surface area (Å²) in [5.41, 5.74) is 0.599. The van der Waals surface area contributed by atoms with E-state index in [4.69, 9.17) is 4.42 Å². The zero-order valence-corrected chi connectivity index (χ0v) is 14.8. The number of carbonyl (C=O) groups is 1. The Morgan fingerprint density at radius 1 is 1.04 bits per heavy atom. The number of amides is 1. The van der Waals surface area contributed by atoms with Gasteiger partial charge < -0.3 is 14.2 Å². The maximum Gasteiger partial charge on any atom is 0.416 e. The van der Waals surface area contributed by atoms with Gasteiger partial charge in [0.15, 0.2) is 5.58 Å². The maximum atomic E-state index is 12.7. The first-order valence-electron chi connectivity index (χ1n) is 8.85. The number of rotatable bonds is 2. The molecule has 1 fully saturated rings. The van der Waals surface area contributed by atoms with Crippen LogP contribution in [0.25, 0.3) is 11.2 Å². The Balaban J connectivity index is 1.45. The van der Waals surface area contributed by atoms with E-state index in [-0.39, 0.29) is 11.5 Å². The molecule has 28 heavy (non-hydrogen) atoms. The summed E-state index contributed by atoms with van der Waals surface area (Å²) in [4.78, 5) is 24.8. The van der Waals surface area contributed by atoms with Crippen LogP contribution in [0.1, 0.15) is 22.3 Å². The fraction of sp³-hybridized carbons (Fsp3) is 0.316. The SMILES string of the molecule is O=C(c1ccc(C(F)(F)F)cc1)N1CCCN(c2nc3ncccc3o2)CC1. The molecule has 4 rings (SSSR count). The Bertz CT molecular complexity index is 952. The highest BCUT2D eigenvalue weighted by molar-refractivity contribution is 5.94. The maximum absolute atomic E-state index is 12.7. The van der Waals surface area contributed by atoms with Crippen LogP contribution in [0, 0.1) is 0 Å². The van der Waals surface area contributed by atoms with Gasteiger partial charge in [0.1, 0.15) is 0 Å². The van der Waals surface area contributed by atoms with E-state index < -0.39 is 11.7 Å². The second-order valence-electron chi connectivity index (χ2n) is 6.53. The minimum Gasteiger partial charge on any atom is -0.422 e. The highest BCUT2D eigenvalue weighted by atomic mass is 19.4. The molecule has 0 saturated carbocycles. The average Bonchev–Trinajstić information content (AvgIpc) is 2.96. The standard InChI is InChI=1S/C19H17F3N4O2/c20-19(21,22)14-6-4-13(5-7-14)17(27)25-9-2-10-26(12-11-25)18-24-16-15(28-18)3-1-8-23-16/h1,3-8H,2,9-12H2. The smallest absolute Gasteiger partial charge is 0.416 e. The molecule has 9 heteroatoms. The molecule has 146 valence electrons. The van der Waals surface area contributed by atoms with Gasteiger partial charge in [0.25, 0.3) is 11.9 Å². The molecule has 6 nitrogen and oxygen atoms in total. The number of halogens is 3. The summed E-state index contributed by atoms with van der Waals surface area (Å²) in [5, 5.41) is 0. The minimum absolute atomic E-state index is 0.243. The lowest BCUT2D eigenvalue weighted by Gasteiger charge is -2.21. The van der Waals surface area contributed by atoms with Crippen LogP contribution in [0.4, 0.5) is 19.2 Å². The number of pyridine rings is 1. The number of hydrogen-bond acceptors (Lipinski definition) is 5. The molecule has 0 bridgehead atoms. The molecule has 0 spiro atoms. The van der Waals surface area contributed by atoms with Gasteiger partial charge >= 0.3 is 6.18 Å². The largest absolute Gasteiger partial charge is 0.422 e. The molecule has 1 saturated heterocycles. The van der Waals surface area contributed by atoms with E-state index in [1.807, 2.05) is 4.90 Å². The second-order valence-corrected chi connectivity index (χ2v) is 6.53. The van der Waals surface area contributed by atoms with Gasteiger partial charge in [-0.3, -0.25) is 4.79 Å². The minimum atomic E-state index is -4.42. The highest BCUT2D eigenvalue weighted by Gasteiger charge is 2.30. The number of aromatic nitrogens is 2. The zero-order valence-electron chi connectivity index (χ0n) is 14.8. The molecule has 1 amide bonds. The van der Waals surface area contributed by atoms with Crippen molar-refractivity contribution in [2.45, 2.75) is 12.6 Å². The third kappa shape index (κ3) is 3.64. The van der Waals surface area contributed by atoms with Gasteiger partial charge in [0.2, 0.25) is 5.65 Å². The van der Waals surface area contributed by atoms with Crippen LogP contribution in [0.5, 0.6) is 0 Å². The topological polar surface area (TPSA) is 62.5 Å².